The van der Waals surface area contributed by atoms with E-state index < -0.39 is 0 Å². The van der Waals surface area contributed by atoms with Gasteiger partial charge < -0.3 is 14.6 Å². The maximum Gasteiger partial charge on any atom is 0.236 e. The minimum absolute atomic E-state index is 0.0517. The fourth-order valence-corrected chi connectivity index (χ4v) is 2.50. The number of hydrogen-bond donors (Lipinski definition) is 1. The van der Waals surface area contributed by atoms with Crippen LogP contribution in [-0.2, 0) is 24.3 Å². The quantitative estimate of drug-likeness (QED) is 0.864. The Morgan fingerprint density at radius 1 is 1.62 bits per heavy atom. The maximum absolute atomic E-state index is 12.1. The molecule has 1 amide bonds. The summed E-state index contributed by atoms with van der Waals surface area (Å²) in [5.74, 6) is 1.86. The van der Waals surface area contributed by atoms with E-state index in [2.05, 4.69) is 15.4 Å². The molecule has 1 aliphatic rings. The molecule has 3 heterocycles. The van der Waals surface area contributed by atoms with Crippen molar-refractivity contribution in [2.75, 3.05) is 13.6 Å². The number of aromatic nitrogens is 3. The molecule has 7 nitrogen and oxygen atoms in total. The van der Waals surface area contributed by atoms with Gasteiger partial charge in [0.15, 0.2) is 0 Å². The summed E-state index contributed by atoms with van der Waals surface area (Å²) in [5.41, 5.74) is 0. The normalized spacial score (nSPS) is 17.5. The number of rotatable bonds is 5. The molecule has 2 aromatic heterocycles. The minimum Gasteiger partial charge on any atom is -0.467 e. The van der Waals surface area contributed by atoms with E-state index in [0.717, 1.165) is 31.0 Å². The highest BCUT2D eigenvalue weighted by atomic mass is 16.3. The van der Waals surface area contributed by atoms with E-state index in [1.807, 2.05) is 16.8 Å². The van der Waals surface area contributed by atoms with Gasteiger partial charge in [-0.3, -0.25) is 4.79 Å². The maximum atomic E-state index is 12.1. The number of amides is 1. The van der Waals surface area contributed by atoms with Gasteiger partial charge in [0.25, 0.3) is 0 Å². The number of hydrogen-bond acceptors (Lipinski definition) is 5. The fourth-order valence-electron chi connectivity index (χ4n) is 2.50. The van der Waals surface area contributed by atoms with Crippen molar-refractivity contribution in [3.05, 3.63) is 36.3 Å². The van der Waals surface area contributed by atoms with Crippen LogP contribution < -0.4 is 5.32 Å². The SMILES string of the molecule is CN(Cc1ccco1)C(=O)CN[C@@H]1CCc2ncnn2C1. The molecule has 0 aliphatic carbocycles. The molecule has 1 aliphatic heterocycles. The predicted molar refractivity (Wildman–Crippen MR) is 75.3 cm³/mol. The molecule has 112 valence electrons. The molecular formula is C14H19N5O2. The molecule has 0 radical (unpaired) electrons. The zero-order valence-corrected chi connectivity index (χ0v) is 12.0. The molecule has 1 N–H and O–H groups in total. The summed E-state index contributed by atoms with van der Waals surface area (Å²) in [5, 5.41) is 7.48. The summed E-state index contributed by atoms with van der Waals surface area (Å²) in [6.45, 7) is 1.59. The van der Waals surface area contributed by atoms with Gasteiger partial charge in [0.05, 0.1) is 25.9 Å². The molecule has 0 aromatic carbocycles. The van der Waals surface area contributed by atoms with Crippen molar-refractivity contribution in [2.45, 2.75) is 32.0 Å². The number of aryl methyl sites for hydroxylation is 1. The number of furan rings is 1. The summed E-state index contributed by atoms with van der Waals surface area (Å²) in [6.07, 6.45) is 5.07. The number of carbonyl (C=O) groups is 1. The number of carbonyl (C=O) groups excluding carboxylic acids is 1. The minimum atomic E-state index is 0.0517. The van der Waals surface area contributed by atoms with Crippen LogP contribution in [0.25, 0.3) is 0 Å². The number of fused-ring (bicyclic) bond motifs is 1. The molecule has 0 spiro atoms. The van der Waals surface area contributed by atoms with Gasteiger partial charge in [-0.1, -0.05) is 0 Å². The van der Waals surface area contributed by atoms with Gasteiger partial charge in [0.1, 0.15) is 17.9 Å². The van der Waals surface area contributed by atoms with Crippen LogP contribution in [-0.4, -0.2) is 45.2 Å². The third kappa shape index (κ3) is 3.30. The summed E-state index contributed by atoms with van der Waals surface area (Å²) in [7, 11) is 1.78. The van der Waals surface area contributed by atoms with Crippen LogP contribution in [0.3, 0.4) is 0 Å². The first kappa shape index (κ1) is 13.8. The van der Waals surface area contributed by atoms with Gasteiger partial charge >= 0.3 is 0 Å². The molecule has 7 heteroatoms. The largest absolute Gasteiger partial charge is 0.467 e. The zero-order chi connectivity index (χ0) is 14.7. The lowest BCUT2D eigenvalue weighted by atomic mass is 10.1. The van der Waals surface area contributed by atoms with E-state index in [1.165, 1.54) is 0 Å². The fraction of sp³-hybridized carbons (Fsp3) is 0.500. The Balaban J connectivity index is 1.46. The van der Waals surface area contributed by atoms with E-state index >= 15 is 0 Å². The van der Waals surface area contributed by atoms with E-state index in [1.54, 1.807) is 24.5 Å². The van der Waals surface area contributed by atoms with Gasteiger partial charge in [0.2, 0.25) is 5.91 Å². The molecule has 2 aromatic rings. The van der Waals surface area contributed by atoms with Crippen LogP contribution in [0.5, 0.6) is 0 Å². The second-order valence-corrected chi connectivity index (χ2v) is 5.30. The van der Waals surface area contributed by atoms with Crippen molar-refractivity contribution in [1.82, 2.24) is 25.0 Å². The third-order valence-corrected chi connectivity index (χ3v) is 3.75. The Kier molecular flexibility index (Phi) is 4.01. The molecule has 0 saturated heterocycles. The first-order chi connectivity index (χ1) is 10.2. The first-order valence-corrected chi connectivity index (χ1v) is 7.09. The Hall–Kier alpha value is -2.15. The second kappa shape index (κ2) is 6.09. The molecular weight excluding hydrogens is 270 g/mol. The molecule has 21 heavy (non-hydrogen) atoms. The van der Waals surface area contributed by atoms with E-state index in [9.17, 15) is 4.79 Å². The molecule has 0 fully saturated rings. The lowest BCUT2D eigenvalue weighted by Crippen LogP contribution is -2.43. The Morgan fingerprint density at radius 2 is 2.52 bits per heavy atom. The smallest absolute Gasteiger partial charge is 0.236 e. The number of nitrogens with zero attached hydrogens (tertiary/aromatic N) is 4. The summed E-state index contributed by atoms with van der Waals surface area (Å²) >= 11 is 0. The van der Waals surface area contributed by atoms with E-state index in [-0.39, 0.29) is 11.9 Å². The topological polar surface area (TPSA) is 76.2 Å². The Bertz CT molecular complexity index is 592. The average molecular weight is 289 g/mol. The molecule has 0 saturated carbocycles. The summed E-state index contributed by atoms with van der Waals surface area (Å²) in [6, 6.07) is 3.95. The lowest BCUT2D eigenvalue weighted by molar-refractivity contribution is -0.129. The molecule has 0 bridgehead atoms. The van der Waals surface area contributed by atoms with Crippen LogP contribution in [0, 0.1) is 0 Å². The highest BCUT2D eigenvalue weighted by Crippen LogP contribution is 2.11. The summed E-state index contributed by atoms with van der Waals surface area (Å²) in [4.78, 5) is 18.0. The van der Waals surface area contributed by atoms with Crippen LogP contribution in [0.15, 0.2) is 29.1 Å². The zero-order valence-electron chi connectivity index (χ0n) is 12.0. The Labute approximate surface area is 122 Å². The van der Waals surface area contributed by atoms with Gasteiger partial charge in [-0.25, -0.2) is 9.67 Å². The number of likely N-dealkylation sites (N-methyl/N-ethyl adjacent to an activating group) is 1. The molecule has 3 rings (SSSR count). The first-order valence-electron chi connectivity index (χ1n) is 7.09. The highest BCUT2D eigenvalue weighted by Gasteiger charge is 2.20. The monoisotopic (exact) mass is 289 g/mol. The van der Waals surface area contributed by atoms with E-state index in [0.29, 0.717) is 13.1 Å². The molecule has 1 atom stereocenters. The van der Waals surface area contributed by atoms with Crippen molar-refractivity contribution < 1.29 is 9.21 Å². The van der Waals surface area contributed by atoms with Crippen LogP contribution in [0.4, 0.5) is 0 Å². The Morgan fingerprint density at radius 3 is 3.33 bits per heavy atom. The van der Waals surface area contributed by atoms with Crippen molar-refractivity contribution in [3.8, 4) is 0 Å². The third-order valence-electron chi connectivity index (χ3n) is 3.75. The summed E-state index contributed by atoms with van der Waals surface area (Å²) < 4.78 is 7.15. The van der Waals surface area contributed by atoms with Crippen LogP contribution in [0.2, 0.25) is 0 Å². The predicted octanol–water partition coefficient (Wildman–Crippen LogP) is 0.434. The van der Waals surface area contributed by atoms with Gasteiger partial charge in [-0.15, -0.1) is 0 Å². The van der Waals surface area contributed by atoms with Gasteiger partial charge in [-0.2, -0.15) is 5.10 Å². The van der Waals surface area contributed by atoms with E-state index in [4.69, 9.17) is 4.42 Å². The van der Waals surface area contributed by atoms with Crippen molar-refractivity contribution >= 4 is 5.91 Å². The van der Waals surface area contributed by atoms with Gasteiger partial charge in [0, 0.05) is 19.5 Å². The highest BCUT2D eigenvalue weighted by molar-refractivity contribution is 5.77. The van der Waals surface area contributed by atoms with Gasteiger partial charge in [-0.05, 0) is 18.6 Å². The lowest BCUT2D eigenvalue weighted by Gasteiger charge is -2.24. The molecule has 0 unspecified atom stereocenters. The average Bonchev–Trinajstić information content (AvgIpc) is 3.14. The van der Waals surface area contributed by atoms with Crippen molar-refractivity contribution in [2.24, 2.45) is 0 Å². The van der Waals surface area contributed by atoms with Crippen LogP contribution in [0.1, 0.15) is 18.0 Å². The number of nitrogens with one attached hydrogen (secondary N) is 1. The van der Waals surface area contributed by atoms with Crippen LogP contribution >= 0.6 is 0 Å². The second-order valence-electron chi connectivity index (χ2n) is 5.30. The van der Waals surface area contributed by atoms with Crippen molar-refractivity contribution in [3.63, 3.8) is 0 Å². The van der Waals surface area contributed by atoms with Crippen molar-refractivity contribution in [1.29, 1.82) is 0 Å². The standard InChI is InChI=1S/C14H19N5O2/c1-18(9-12-3-2-6-21-12)14(20)7-15-11-4-5-13-16-10-17-19(13)8-11/h2-3,6,10-11,15H,4-5,7-9H2,1H3/t11-/m1/s1.